The third kappa shape index (κ3) is 4.39. The molecule has 2 aromatic rings. The minimum absolute atomic E-state index is 0.0808. The van der Waals surface area contributed by atoms with Crippen molar-refractivity contribution in [1.29, 1.82) is 0 Å². The van der Waals surface area contributed by atoms with E-state index in [9.17, 15) is 18.0 Å². The minimum atomic E-state index is -3.37. The van der Waals surface area contributed by atoms with Crippen LogP contribution in [0.1, 0.15) is 12.0 Å². The number of nitrogens with one attached hydrogen (secondary N) is 2. The highest BCUT2D eigenvalue weighted by molar-refractivity contribution is 7.93. The zero-order chi connectivity index (χ0) is 20.1. The van der Waals surface area contributed by atoms with Crippen molar-refractivity contribution >= 4 is 33.2 Å². The molecule has 3 rings (SSSR count). The Labute approximate surface area is 162 Å². The van der Waals surface area contributed by atoms with Crippen LogP contribution in [0.25, 0.3) is 0 Å². The van der Waals surface area contributed by atoms with Gasteiger partial charge in [-0.05, 0) is 36.2 Å². The Bertz CT molecular complexity index is 979. The van der Waals surface area contributed by atoms with Crippen LogP contribution in [0.15, 0.2) is 42.7 Å². The molecule has 1 fully saturated rings. The first-order valence-electron chi connectivity index (χ1n) is 8.57. The van der Waals surface area contributed by atoms with Gasteiger partial charge in [0, 0.05) is 25.5 Å². The number of benzene rings is 1. The van der Waals surface area contributed by atoms with Gasteiger partial charge in [-0.1, -0.05) is 6.07 Å². The van der Waals surface area contributed by atoms with E-state index >= 15 is 0 Å². The molecule has 148 valence electrons. The first-order chi connectivity index (χ1) is 13.4. The van der Waals surface area contributed by atoms with Crippen LogP contribution in [0.2, 0.25) is 0 Å². The van der Waals surface area contributed by atoms with E-state index < -0.39 is 21.8 Å². The van der Waals surface area contributed by atoms with E-state index in [1.165, 1.54) is 17.5 Å². The molecular formula is C18H20N4O5S. The summed E-state index contributed by atoms with van der Waals surface area (Å²) in [6, 6.07) is 8.12. The number of anilines is 2. The maximum absolute atomic E-state index is 12.2. The number of hydrogen-bond donors (Lipinski definition) is 2. The Morgan fingerprint density at radius 3 is 2.71 bits per heavy atom. The van der Waals surface area contributed by atoms with Crippen molar-refractivity contribution in [2.75, 3.05) is 29.0 Å². The Morgan fingerprint density at radius 1 is 1.25 bits per heavy atom. The first-order valence-corrected chi connectivity index (χ1v) is 10.2. The van der Waals surface area contributed by atoms with Gasteiger partial charge in [-0.15, -0.1) is 0 Å². The van der Waals surface area contributed by atoms with Gasteiger partial charge < -0.3 is 15.4 Å². The van der Waals surface area contributed by atoms with E-state index in [2.05, 4.69) is 15.6 Å². The van der Waals surface area contributed by atoms with Crippen molar-refractivity contribution < 1.29 is 22.7 Å². The largest absolute Gasteiger partial charge is 0.495 e. The molecule has 0 spiro atoms. The molecule has 1 aromatic carbocycles. The lowest BCUT2D eigenvalue weighted by atomic mass is 10.2. The summed E-state index contributed by atoms with van der Waals surface area (Å²) in [5.41, 5.74) is 1.37. The van der Waals surface area contributed by atoms with Crippen molar-refractivity contribution in [2.45, 2.75) is 13.0 Å². The van der Waals surface area contributed by atoms with Gasteiger partial charge in [-0.2, -0.15) is 0 Å². The van der Waals surface area contributed by atoms with Crippen LogP contribution in [0.4, 0.5) is 11.4 Å². The Balaban J connectivity index is 1.72. The van der Waals surface area contributed by atoms with E-state index in [4.69, 9.17) is 4.74 Å². The van der Waals surface area contributed by atoms with Crippen molar-refractivity contribution in [1.82, 2.24) is 10.3 Å². The summed E-state index contributed by atoms with van der Waals surface area (Å²) in [6.07, 6.45) is 3.73. The highest BCUT2D eigenvalue weighted by atomic mass is 32.2. The third-order valence-electron chi connectivity index (χ3n) is 4.20. The average molecular weight is 404 g/mol. The zero-order valence-corrected chi connectivity index (χ0v) is 16.0. The van der Waals surface area contributed by atoms with E-state index in [-0.39, 0.29) is 18.0 Å². The van der Waals surface area contributed by atoms with Gasteiger partial charge in [0.2, 0.25) is 10.0 Å². The van der Waals surface area contributed by atoms with Gasteiger partial charge >= 0.3 is 11.8 Å². The van der Waals surface area contributed by atoms with Gasteiger partial charge in [0.1, 0.15) is 5.75 Å². The monoisotopic (exact) mass is 404 g/mol. The molecule has 0 aliphatic carbocycles. The van der Waals surface area contributed by atoms with Crippen molar-refractivity contribution in [2.24, 2.45) is 0 Å². The standard InChI is InChI=1S/C18H20N4O5S/c1-27-16-6-5-14(22-8-3-9-28(22,25)26)10-15(16)21-18(24)17(23)20-12-13-4-2-7-19-11-13/h2,4-7,10-11H,3,8-9,12H2,1H3,(H,20,23)(H,21,24). The third-order valence-corrected chi connectivity index (χ3v) is 6.07. The van der Waals surface area contributed by atoms with Crippen molar-refractivity contribution in [3.8, 4) is 5.75 Å². The molecule has 0 atom stereocenters. The van der Waals surface area contributed by atoms with E-state index in [0.29, 0.717) is 24.4 Å². The summed E-state index contributed by atoms with van der Waals surface area (Å²) in [6.45, 7) is 0.525. The number of nitrogens with zero attached hydrogens (tertiary/aromatic N) is 2. The Hall–Kier alpha value is -3.14. The number of ether oxygens (including phenoxy) is 1. The van der Waals surface area contributed by atoms with Gasteiger partial charge in [-0.3, -0.25) is 18.9 Å². The zero-order valence-electron chi connectivity index (χ0n) is 15.2. The lowest BCUT2D eigenvalue weighted by molar-refractivity contribution is -0.136. The van der Waals surface area contributed by atoms with Gasteiger partial charge in [0.25, 0.3) is 0 Å². The van der Waals surface area contributed by atoms with Gasteiger partial charge in [-0.25, -0.2) is 8.42 Å². The molecule has 2 N–H and O–H groups in total. The molecule has 1 aliphatic rings. The Morgan fingerprint density at radius 2 is 2.07 bits per heavy atom. The number of rotatable bonds is 5. The summed E-state index contributed by atoms with van der Waals surface area (Å²) in [5.74, 6) is -1.32. The molecule has 10 heteroatoms. The number of amides is 2. The van der Waals surface area contributed by atoms with Crippen LogP contribution in [0.3, 0.4) is 0 Å². The molecule has 0 unspecified atom stereocenters. The summed E-state index contributed by atoms with van der Waals surface area (Å²) in [4.78, 5) is 28.2. The van der Waals surface area contributed by atoms with Crippen LogP contribution >= 0.6 is 0 Å². The number of methoxy groups -OCH3 is 1. The molecule has 28 heavy (non-hydrogen) atoms. The fourth-order valence-corrected chi connectivity index (χ4v) is 4.38. The van der Waals surface area contributed by atoms with Crippen LogP contribution in [0, 0.1) is 0 Å². The molecule has 1 aliphatic heterocycles. The van der Waals surface area contributed by atoms with E-state index in [1.54, 1.807) is 36.7 Å². The fraction of sp³-hybridized carbons (Fsp3) is 0.278. The maximum Gasteiger partial charge on any atom is 0.313 e. The van der Waals surface area contributed by atoms with E-state index in [0.717, 1.165) is 5.56 Å². The topological polar surface area (TPSA) is 118 Å². The van der Waals surface area contributed by atoms with E-state index in [1.807, 2.05) is 0 Å². The normalized spacial score (nSPS) is 15.1. The summed E-state index contributed by atoms with van der Waals surface area (Å²) >= 11 is 0. The quantitative estimate of drug-likeness (QED) is 0.715. The average Bonchev–Trinajstić information content (AvgIpc) is 3.05. The molecule has 0 saturated carbocycles. The molecule has 9 nitrogen and oxygen atoms in total. The second-order valence-corrected chi connectivity index (χ2v) is 8.14. The van der Waals surface area contributed by atoms with Crippen LogP contribution in [-0.4, -0.2) is 44.6 Å². The number of carbonyl (C=O) groups is 2. The smallest absolute Gasteiger partial charge is 0.313 e. The summed E-state index contributed by atoms with van der Waals surface area (Å²) < 4.78 is 30.7. The van der Waals surface area contributed by atoms with Crippen LogP contribution in [0.5, 0.6) is 5.75 Å². The number of aromatic nitrogens is 1. The minimum Gasteiger partial charge on any atom is -0.495 e. The molecule has 1 saturated heterocycles. The van der Waals surface area contributed by atoms with Gasteiger partial charge in [0.05, 0.1) is 24.2 Å². The molecule has 2 heterocycles. The second-order valence-electron chi connectivity index (χ2n) is 6.12. The number of pyridine rings is 1. The SMILES string of the molecule is COc1ccc(N2CCCS2(=O)=O)cc1NC(=O)C(=O)NCc1cccnc1. The fourth-order valence-electron chi connectivity index (χ4n) is 2.82. The molecule has 0 radical (unpaired) electrons. The first kappa shape index (κ1) is 19.6. The predicted molar refractivity (Wildman–Crippen MR) is 103 cm³/mol. The number of hydrogen-bond acceptors (Lipinski definition) is 6. The molecule has 2 amide bonds. The maximum atomic E-state index is 12.2. The number of sulfonamides is 1. The molecular weight excluding hydrogens is 384 g/mol. The Kier molecular flexibility index (Phi) is 5.78. The van der Waals surface area contributed by atoms with Crippen molar-refractivity contribution in [3.05, 3.63) is 48.3 Å². The lowest BCUT2D eigenvalue weighted by Gasteiger charge is -2.19. The summed E-state index contributed by atoms with van der Waals surface area (Å²) in [7, 11) is -1.95. The second kappa shape index (κ2) is 8.26. The van der Waals surface area contributed by atoms with Crippen LogP contribution < -0.4 is 19.7 Å². The molecule has 1 aromatic heterocycles. The van der Waals surface area contributed by atoms with Crippen LogP contribution in [-0.2, 0) is 26.2 Å². The van der Waals surface area contributed by atoms with Gasteiger partial charge in [0.15, 0.2) is 0 Å². The highest BCUT2D eigenvalue weighted by Gasteiger charge is 2.29. The summed E-state index contributed by atoms with van der Waals surface area (Å²) in [5, 5.41) is 4.98. The lowest BCUT2D eigenvalue weighted by Crippen LogP contribution is -2.35. The predicted octanol–water partition coefficient (Wildman–Crippen LogP) is 0.885. The van der Waals surface area contributed by atoms with Crippen molar-refractivity contribution in [3.63, 3.8) is 0 Å². The number of carbonyl (C=O) groups excluding carboxylic acids is 2. The molecule has 0 bridgehead atoms. The highest BCUT2D eigenvalue weighted by Crippen LogP contribution is 2.32.